The minimum Gasteiger partial charge on any atom is -0.377 e. The van der Waals surface area contributed by atoms with Crippen molar-refractivity contribution in [2.75, 3.05) is 25.0 Å². The summed E-state index contributed by atoms with van der Waals surface area (Å²) in [5.41, 5.74) is 0. The summed E-state index contributed by atoms with van der Waals surface area (Å²) in [6, 6.07) is 0. The molecule has 2 rings (SSSR count). The SMILES string of the molecule is Cc1ncc(S(=O)(=O)N2CCC(OCCBr)CC2)s1. The highest BCUT2D eigenvalue weighted by atomic mass is 79.9. The molecule has 0 aromatic carbocycles. The van der Waals surface area contributed by atoms with Gasteiger partial charge in [-0.25, -0.2) is 13.4 Å². The Labute approximate surface area is 126 Å². The molecular weight excluding hydrogens is 352 g/mol. The van der Waals surface area contributed by atoms with Crippen LogP contribution >= 0.6 is 27.3 Å². The van der Waals surface area contributed by atoms with Gasteiger partial charge in [0.1, 0.15) is 0 Å². The Bertz CT molecular complexity index is 510. The number of alkyl halides is 1. The minimum absolute atomic E-state index is 0.173. The van der Waals surface area contributed by atoms with Crippen molar-refractivity contribution in [3.8, 4) is 0 Å². The fourth-order valence-electron chi connectivity index (χ4n) is 2.04. The number of hydrogen-bond acceptors (Lipinski definition) is 5. The maximum absolute atomic E-state index is 12.4. The highest BCUT2D eigenvalue weighted by Gasteiger charge is 2.30. The average Bonchev–Trinajstić information content (AvgIpc) is 2.84. The Morgan fingerprint density at radius 2 is 2.21 bits per heavy atom. The molecular formula is C11H17BrN2O3S2. The zero-order valence-corrected chi connectivity index (χ0v) is 13.9. The molecule has 0 unspecified atom stereocenters. The molecule has 19 heavy (non-hydrogen) atoms. The zero-order chi connectivity index (χ0) is 13.9. The lowest BCUT2D eigenvalue weighted by Crippen LogP contribution is -2.40. The summed E-state index contributed by atoms with van der Waals surface area (Å²) in [7, 11) is -3.36. The number of piperidine rings is 1. The number of hydrogen-bond donors (Lipinski definition) is 0. The van der Waals surface area contributed by atoms with Crippen molar-refractivity contribution in [3.05, 3.63) is 11.2 Å². The van der Waals surface area contributed by atoms with Crippen LogP contribution in [-0.4, -0.2) is 48.8 Å². The number of ether oxygens (including phenoxy) is 1. The molecule has 1 fully saturated rings. The van der Waals surface area contributed by atoms with Gasteiger partial charge < -0.3 is 4.74 Å². The third-order valence-corrected chi connectivity index (χ3v) is 6.60. The van der Waals surface area contributed by atoms with E-state index in [9.17, 15) is 8.42 Å². The van der Waals surface area contributed by atoms with E-state index in [0.29, 0.717) is 23.9 Å². The van der Waals surface area contributed by atoms with Gasteiger partial charge in [-0.3, -0.25) is 0 Å². The van der Waals surface area contributed by atoms with Crippen LogP contribution in [0.1, 0.15) is 17.8 Å². The van der Waals surface area contributed by atoms with Gasteiger partial charge >= 0.3 is 0 Å². The second-order valence-corrected chi connectivity index (χ2v) is 8.55. The molecule has 1 aliphatic heterocycles. The number of sulfonamides is 1. The van der Waals surface area contributed by atoms with Gasteiger partial charge in [-0.1, -0.05) is 15.9 Å². The highest BCUT2D eigenvalue weighted by molar-refractivity contribution is 9.09. The van der Waals surface area contributed by atoms with E-state index in [1.54, 1.807) is 0 Å². The van der Waals surface area contributed by atoms with Crippen molar-refractivity contribution in [2.24, 2.45) is 0 Å². The van der Waals surface area contributed by atoms with Crippen molar-refractivity contribution in [2.45, 2.75) is 30.1 Å². The summed E-state index contributed by atoms with van der Waals surface area (Å²) in [6.45, 7) is 3.52. The topological polar surface area (TPSA) is 59.5 Å². The fraction of sp³-hybridized carbons (Fsp3) is 0.727. The smallest absolute Gasteiger partial charge is 0.254 e. The molecule has 0 aliphatic carbocycles. The van der Waals surface area contributed by atoms with Crippen LogP contribution in [0, 0.1) is 6.92 Å². The Hall–Kier alpha value is -0.0200. The largest absolute Gasteiger partial charge is 0.377 e. The molecule has 0 saturated carbocycles. The average molecular weight is 369 g/mol. The van der Waals surface area contributed by atoms with E-state index in [1.807, 2.05) is 6.92 Å². The van der Waals surface area contributed by atoms with Crippen molar-refractivity contribution in [1.82, 2.24) is 9.29 Å². The molecule has 8 heteroatoms. The molecule has 1 aromatic heterocycles. The standard InChI is InChI=1S/C11H17BrN2O3S2/c1-9-13-8-11(18-9)19(15,16)14-5-2-10(3-6-14)17-7-4-12/h8,10H,2-7H2,1H3. The minimum atomic E-state index is -3.36. The molecule has 108 valence electrons. The lowest BCUT2D eigenvalue weighted by molar-refractivity contribution is 0.0309. The van der Waals surface area contributed by atoms with Gasteiger partial charge in [0.15, 0.2) is 4.21 Å². The van der Waals surface area contributed by atoms with Gasteiger partial charge in [0, 0.05) is 18.4 Å². The predicted octanol–water partition coefficient (Wildman–Crippen LogP) is 2.02. The summed E-state index contributed by atoms with van der Waals surface area (Å²) in [5, 5.41) is 1.58. The van der Waals surface area contributed by atoms with Crippen LogP contribution in [0.3, 0.4) is 0 Å². The molecule has 2 heterocycles. The van der Waals surface area contributed by atoms with Crippen LogP contribution in [0.5, 0.6) is 0 Å². The van der Waals surface area contributed by atoms with Gasteiger partial charge in [0.2, 0.25) is 0 Å². The van der Waals surface area contributed by atoms with Crippen LogP contribution in [0.15, 0.2) is 10.4 Å². The van der Waals surface area contributed by atoms with Crippen LogP contribution in [0.25, 0.3) is 0 Å². The first-order valence-corrected chi connectivity index (χ1v) is 9.52. The molecule has 0 atom stereocenters. The van der Waals surface area contributed by atoms with Gasteiger partial charge in [-0.15, -0.1) is 11.3 Å². The fourth-order valence-corrected chi connectivity index (χ4v) is 4.96. The van der Waals surface area contributed by atoms with E-state index in [4.69, 9.17) is 4.74 Å². The second-order valence-electron chi connectivity index (χ2n) is 4.36. The summed E-state index contributed by atoms with van der Waals surface area (Å²) in [5.74, 6) is 0. The quantitative estimate of drug-likeness (QED) is 0.745. The van der Waals surface area contributed by atoms with Crippen molar-refractivity contribution < 1.29 is 13.2 Å². The molecule has 1 aromatic rings. The van der Waals surface area contributed by atoms with Gasteiger partial charge in [-0.05, 0) is 19.8 Å². The first-order valence-electron chi connectivity index (χ1n) is 6.14. The first-order chi connectivity index (χ1) is 9.04. The van der Waals surface area contributed by atoms with E-state index in [0.717, 1.165) is 23.2 Å². The Morgan fingerprint density at radius 1 is 1.53 bits per heavy atom. The monoisotopic (exact) mass is 368 g/mol. The molecule has 0 amide bonds. The maximum Gasteiger partial charge on any atom is 0.254 e. The van der Waals surface area contributed by atoms with Crippen molar-refractivity contribution in [1.29, 1.82) is 0 Å². The Morgan fingerprint density at radius 3 is 2.74 bits per heavy atom. The lowest BCUT2D eigenvalue weighted by atomic mass is 10.1. The number of nitrogens with zero attached hydrogens (tertiary/aromatic N) is 2. The van der Waals surface area contributed by atoms with Crippen molar-refractivity contribution >= 4 is 37.3 Å². The van der Waals surface area contributed by atoms with Crippen molar-refractivity contribution in [3.63, 3.8) is 0 Å². The van der Waals surface area contributed by atoms with Gasteiger partial charge in [0.25, 0.3) is 10.0 Å². The third-order valence-electron chi connectivity index (χ3n) is 3.03. The van der Waals surface area contributed by atoms with Gasteiger partial charge in [0.05, 0.1) is 23.9 Å². The van der Waals surface area contributed by atoms with E-state index in [2.05, 4.69) is 20.9 Å². The van der Waals surface area contributed by atoms with Gasteiger partial charge in [-0.2, -0.15) is 4.31 Å². The summed E-state index contributed by atoms with van der Waals surface area (Å²) < 4.78 is 32.2. The summed E-state index contributed by atoms with van der Waals surface area (Å²) in [6.07, 6.45) is 3.13. The lowest BCUT2D eigenvalue weighted by Gasteiger charge is -2.30. The number of halogens is 1. The van der Waals surface area contributed by atoms with E-state index >= 15 is 0 Å². The van der Waals surface area contributed by atoms with Crippen LogP contribution < -0.4 is 0 Å². The Kier molecular flexibility index (Phi) is 5.36. The third kappa shape index (κ3) is 3.75. The predicted molar refractivity (Wildman–Crippen MR) is 78.4 cm³/mol. The van der Waals surface area contributed by atoms with E-state index in [-0.39, 0.29) is 6.10 Å². The van der Waals surface area contributed by atoms with E-state index in [1.165, 1.54) is 21.8 Å². The molecule has 1 saturated heterocycles. The molecule has 1 aliphatic rings. The van der Waals surface area contributed by atoms with Crippen LogP contribution in [0.4, 0.5) is 0 Å². The Balaban J connectivity index is 1.97. The molecule has 0 radical (unpaired) electrons. The number of aryl methyl sites for hydroxylation is 1. The first kappa shape index (κ1) is 15.4. The molecule has 5 nitrogen and oxygen atoms in total. The summed E-state index contributed by atoms with van der Waals surface area (Å²) >= 11 is 4.54. The van der Waals surface area contributed by atoms with Crippen LogP contribution in [-0.2, 0) is 14.8 Å². The summed E-state index contributed by atoms with van der Waals surface area (Å²) in [4.78, 5) is 4.02. The molecule has 0 N–H and O–H groups in total. The highest BCUT2D eigenvalue weighted by Crippen LogP contribution is 2.25. The number of aromatic nitrogens is 1. The maximum atomic E-state index is 12.4. The van der Waals surface area contributed by atoms with E-state index < -0.39 is 10.0 Å². The number of thiazole rings is 1. The zero-order valence-electron chi connectivity index (χ0n) is 10.7. The molecule has 0 bridgehead atoms. The molecule has 0 spiro atoms. The number of rotatable bonds is 5. The van der Waals surface area contributed by atoms with Crippen LogP contribution in [0.2, 0.25) is 0 Å². The normalized spacial score (nSPS) is 18.8. The second kappa shape index (κ2) is 6.62.